The maximum atomic E-state index is 11.9. The van der Waals surface area contributed by atoms with Gasteiger partial charge in [-0.1, -0.05) is 12.8 Å². The first-order valence-electron chi connectivity index (χ1n) is 5.76. The molecule has 2 atom stereocenters. The number of hydrogen-bond acceptors (Lipinski definition) is 3. The molecule has 2 fully saturated rings. The molecule has 2 aliphatic rings. The summed E-state index contributed by atoms with van der Waals surface area (Å²) in [6.45, 7) is 2.81. The highest BCUT2D eigenvalue weighted by atomic mass is 32.2. The molecule has 5 heteroatoms. The number of morpholine rings is 1. The van der Waals surface area contributed by atoms with Crippen molar-refractivity contribution in [2.45, 2.75) is 44.8 Å². The van der Waals surface area contributed by atoms with Gasteiger partial charge in [0.15, 0.2) is 0 Å². The van der Waals surface area contributed by atoms with Gasteiger partial charge in [-0.2, -0.15) is 4.31 Å². The van der Waals surface area contributed by atoms with Gasteiger partial charge in [-0.25, -0.2) is 8.42 Å². The van der Waals surface area contributed by atoms with E-state index in [0.29, 0.717) is 13.2 Å². The molecule has 15 heavy (non-hydrogen) atoms. The van der Waals surface area contributed by atoms with Crippen molar-refractivity contribution in [3.05, 3.63) is 0 Å². The average Bonchev–Trinajstić information content (AvgIpc) is 2.28. The summed E-state index contributed by atoms with van der Waals surface area (Å²) in [5.41, 5.74) is 0. The zero-order chi connectivity index (χ0) is 10.9. The van der Waals surface area contributed by atoms with Crippen molar-refractivity contribution in [3.63, 3.8) is 0 Å². The SMILES string of the molecule is CCS(=O)(=O)N1CCOC2CCCCC21. The van der Waals surface area contributed by atoms with Crippen LogP contribution >= 0.6 is 0 Å². The van der Waals surface area contributed by atoms with E-state index in [0.717, 1.165) is 19.3 Å². The maximum Gasteiger partial charge on any atom is 0.214 e. The monoisotopic (exact) mass is 233 g/mol. The molecule has 1 heterocycles. The van der Waals surface area contributed by atoms with Gasteiger partial charge < -0.3 is 4.74 Å². The van der Waals surface area contributed by atoms with Crippen molar-refractivity contribution in [2.24, 2.45) is 0 Å². The second-order valence-corrected chi connectivity index (χ2v) is 6.48. The minimum absolute atomic E-state index is 0.109. The lowest BCUT2D eigenvalue weighted by Crippen LogP contribution is -2.55. The second kappa shape index (κ2) is 4.39. The van der Waals surface area contributed by atoms with Crippen LogP contribution in [0.3, 0.4) is 0 Å². The van der Waals surface area contributed by atoms with Crippen LogP contribution in [-0.2, 0) is 14.8 Å². The molecule has 1 saturated heterocycles. The molecule has 88 valence electrons. The molecule has 1 aliphatic heterocycles. The van der Waals surface area contributed by atoms with Gasteiger partial charge in [-0.15, -0.1) is 0 Å². The molecule has 2 rings (SSSR count). The largest absolute Gasteiger partial charge is 0.375 e. The second-order valence-electron chi connectivity index (χ2n) is 4.27. The molecule has 0 aromatic rings. The first kappa shape index (κ1) is 11.4. The Balaban J connectivity index is 2.17. The van der Waals surface area contributed by atoms with Gasteiger partial charge in [0.1, 0.15) is 0 Å². The summed E-state index contributed by atoms with van der Waals surface area (Å²) in [6, 6.07) is 0.109. The van der Waals surface area contributed by atoms with Crippen LogP contribution in [0, 0.1) is 0 Å². The van der Waals surface area contributed by atoms with Crippen molar-refractivity contribution in [3.8, 4) is 0 Å². The summed E-state index contributed by atoms with van der Waals surface area (Å²) in [5.74, 6) is 0.205. The quantitative estimate of drug-likeness (QED) is 0.714. The number of ether oxygens (including phenoxy) is 1. The standard InChI is InChI=1S/C10H19NO3S/c1-2-15(12,13)11-7-8-14-10-6-4-3-5-9(10)11/h9-10H,2-8H2,1H3. The summed E-state index contributed by atoms with van der Waals surface area (Å²) in [4.78, 5) is 0. The Labute approximate surface area is 91.6 Å². The molecular formula is C10H19NO3S. The third-order valence-corrected chi connectivity index (χ3v) is 5.30. The van der Waals surface area contributed by atoms with E-state index in [4.69, 9.17) is 4.74 Å². The molecule has 2 unspecified atom stereocenters. The summed E-state index contributed by atoms with van der Waals surface area (Å²) >= 11 is 0. The van der Waals surface area contributed by atoms with E-state index in [9.17, 15) is 8.42 Å². The van der Waals surface area contributed by atoms with Crippen LogP contribution in [-0.4, -0.2) is 43.8 Å². The zero-order valence-corrected chi connectivity index (χ0v) is 10.0. The van der Waals surface area contributed by atoms with E-state index in [1.54, 1.807) is 11.2 Å². The summed E-state index contributed by atoms with van der Waals surface area (Å²) < 4.78 is 31.1. The van der Waals surface area contributed by atoms with Crippen LogP contribution < -0.4 is 0 Å². The Kier molecular flexibility index (Phi) is 3.33. The molecule has 0 aromatic heterocycles. The molecule has 0 bridgehead atoms. The molecule has 0 radical (unpaired) electrons. The smallest absolute Gasteiger partial charge is 0.214 e. The lowest BCUT2D eigenvalue weighted by atomic mass is 9.91. The third-order valence-electron chi connectivity index (χ3n) is 3.40. The van der Waals surface area contributed by atoms with Crippen molar-refractivity contribution in [1.82, 2.24) is 4.31 Å². The third kappa shape index (κ3) is 2.19. The van der Waals surface area contributed by atoms with Crippen LogP contribution in [0.1, 0.15) is 32.6 Å². The molecule has 1 aliphatic carbocycles. The van der Waals surface area contributed by atoms with Crippen molar-refractivity contribution < 1.29 is 13.2 Å². The van der Waals surface area contributed by atoms with Crippen LogP contribution in [0.15, 0.2) is 0 Å². The summed E-state index contributed by atoms with van der Waals surface area (Å²) in [5, 5.41) is 0. The highest BCUT2D eigenvalue weighted by Crippen LogP contribution is 2.30. The van der Waals surface area contributed by atoms with Gasteiger partial charge in [0.2, 0.25) is 10.0 Å². The van der Waals surface area contributed by atoms with E-state index in [1.807, 2.05) is 0 Å². The Morgan fingerprint density at radius 3 is 2.80 bits per heavy atom. The number of sulfonamides is 1. The summed E-state index contributed by atoms with van der Waals surface area (Å²) in [6.07, 6.45) is 4.42. The fraction of sp³-hybridized carbons (Fsp3) is 1.00. The molecule has 0 amide bonds. The number of rotatable bonds is 2. The Hall–Kier alpha value is -0.130. The first-order chi connectivity index (χ1) is 7.15. The fourth-order valence-corrected chi connectivity index (χ4v) is 3.91. The van der Waals surface area contributed by atoms with Gasteiger partial charge in [0, 0.05) is 6.54 Å². The lowest BCUT2D eigenvalue weighted by Gasteiger charge is -2.42. The average molecular weight is 233 g/mol. The van der Waals surface area contributed by atoms with Crippen molar-refractivity contribution >= 4 is 10.0 Å². The molecule has 0 N–H and O–H groups in total. The van der Waals surface area contributed by atoms with E-state index < -0.39 is 10.0 Å². The van der Waals surface area contributed by atoms with Gasteiger partial charge >= 0.3 is 0 Å². The predicted molar refractivity (Wildman–Crippen MR) is 58.2 cm³/mol. The van der Waals surface area contributed by atoms with Gasteiger partial charge in [-0.05, 0) is 19.8 Å². The topological polar surface area (TPSA) is 46.6 Å². The number of nitrogens with zero attached hydrogens (tertiary/aromatic N) is 1. The Bertz CT molecular complexity index is 313. The minimum Gasteiger partial charge on any atom is -0.375 e. The van der Waals surface area contributed by atoms with Gasteiger partial charge in [-0.3, -0.25) is 0 Å². The van der Waals surface area contributed by atoms with Gasteiger partial charge in [0.25, 0.3) is 0 Å². The molecular weight excluding hydrogens is 214 g/mol. The van der Waals surface area contributed by atoms with Crippen LogP contribution in [0.4, 0.5) is 0 Å². The predicted octanol–water partition coefficient (Wildman–Crippen LogP) is 0.979. The van der Waals surface area contributed by atoms with Crippen LogP contribution in [0.25, 0.3) is 0 Å². The first-order valence-corrected chi connectivity index (χ1v) is 7.37. The minimum atomic E-state index is -3.04. The van der Waals surface area contributed by atoms with Crippen molar-refractivity contribution in [2.75, 3.05) is 18.9 Å². The van der Waals surface area contributed by atoms with E-state index in [1.165, 1.54) is 6.42 Å². The highest BCUT2D eigenvalue weighted by Gasteiger charge is 2.39. The molecule has 4 nitrogen and oxygen atoms in total. The summed E-state index contributed by atoms with van der Waals surface area (Å²) in [7, 11) is -3.04. The molecule has 0 aromatic carbocycles. The Morgan fingerprint density at radius 1 is 1.33 bits per heavy atom. The van der Waals surface area contributed by atoms with Crippen molar-refractivity contribution in [1.29, 1.82) is 0 Å². The normalized spacial score (nSPS) is 33.7. The van der Waals surface area contributed by atoms with Gasteiger partial charge in [0.05, 0.1) is 24.5 Å². The highest BCUT2D eigenvalue weighted by molar-refractivity contribution is 7.89. The molecule has 0 spiro atoms. The number of fused-ring (bicyclic) bond motifs is 1. The number of hydrogen-bond donors (Lipinski definition) is 0. The van der Waals surface area contributed by atoms with Crippen LogP contribution in [0.5, 0.6) is 0 Å². The van der Waals surface area contributed by atoms with E-state index >= 15 is 0 Å². The molecule has 1 saturated carbocycles. The zero-order valence-electron chi connectivity index (χ0n) is 9.18. The van der Waals surface area contributed by atoms with Crippen LogP contribution in [0.2, 0.25) is 0 Å². The maximum absolute atomic E-state index is 11.9. The fourth-order valence-electron chi connectivity index (χ4n) is 2.57. The van der Waals surface area contributed by atoms with E-state index in [-0.39, 0.29) is 17.9 Å². The Morgan fingerprint density at radius 2 is 2.07 bits per heavy atom. The lowest BCUT2D eigenvalue weighted by molar-refractivity contribution is -0.0585. The van der Waals surface area contributed by atoms with E-state index in [2.05, 4.69) is 0 Å².